The molecule has 1 aromatic carbocycles. The van der Waals surface area contributed by atoms with E-state index in [0.29, 0.717) is 0 Å². The molecule has 3 aromatic rings. The largest absolute Gasteiger partial charge is 0.315 e. The van der Waals surface area contributed by atoms with Gasteiger partial charge in [-0.15, -0.1) is 0 Å². The van der Waals surface area contributed by atoms with E-state index in [2.05, 4.69) is 20.4 Å². The number of benzene rings is 1. The Hall–Kier alpha value is -3.10. The highest BCUT2D eigenvalue weighted by atomic mass is 16.2. The summed E-state index contributed by atoms with van der Waals surface area (Å²) in [5.74, 6) is -0.125. The number of amides is 1. The molecule has 0 radical (unpaired) electrons. The van der Waals surface area contributed by atoms with Gasteiger partial charge in [-0.25, -0.2) is 9.97 Å². The summed E-state index contributed by atoms with van der Waals surface area (Å²) in [6, 6.07) is 7.75. The third-order valence-corrected chi connectivity index (χ3v) is 4.75. The zero-order chi connectivity index (χ0) is 18.3. The molecule has 132 valence electrons. The summed E-state index contributed by atoms with van der Waals surface area (Å²) in [6.07, 6.45) is 7.89. The Morgan fingerprint density at radius 2 is 1.88 bits per heavy atom. The van der Waals surface area contributed by atoms with E-state index in [0.717, 1.165) is 22.3 Å². The number of nitrogens with zero attached hydrogens (tertiary/aromatic N) is 5. The van der Waals surface area contributed by atoms with Crippen molar-refractivity contribution in [3.63, 3.8) is 0 Å². The first-order valence-electron chi connectivity index (χ1n) is 8.18. The van der Waals surface area contributed by atoms with Crippen molar-refractivity contribution in [3.05, 3.63) is 66.5 Å². The molecular weight excluding hydrogens is 330 g/mol. The molecule has 0 saturated carbocycles. The fourth-order valence-electron chi connectivity index (χ4n) is 3.35. The summed E-state index contributed by atoms with van der Waals surface area (Å²) in [5, 5.41) is 7.50. The first-order chi connectivity index (χ1) is 12.5. The van der Waals surface area contributed by atoms with Crippen LogP contribution in [0.4, 0.5) is 0 Å². The zero-order valence-corrected chi connectivity index (χ0v) is 14.5. The first kappa shape index (κ1) is 16.4. The monoisotopic (exact) mass is 349 g/mol. The number of aryl methyl sites for hydroxylation is 1. The molecule has 0 spiro atoms. The lowest BCUT2D eigenvalue weighted by molar-refractivity contribution is -0.131. The maximum Gasteiger partial charge on any atom is 0.254 e. The molecule has 8 heteroatoms. The van der Waals surface area contributed by atoms with Crippen LogP contribution in [0.25, 0.3) is 11.1 Å². The second-order valence-electron chi connectivity index (χ2n) is 6.37. The van der Waals surface area contributed by atoms with Gasteiger partial charge in [-0.2, -0.15) is 5.10 Å². The van der Waals surface area contributed by atoms with Gasteiger partial charge in [0.25, 0.3) is 5.91 Å². The number of nitrogens with one attached hydrogen (secondary N) is 1. The van der Waals surface area contributed by atoms with E-state index < -0.39 is 11.8 Å². The molecule has 1 fully saturated rings. The number of carbonyl (C=O) groups excluding carboxylic acids is 1. The first-order valence-corrected chi connectivity index (χ1v) is 8.18. The minimum atomic E-state index is -1.09. The lowest BCUT2D eigenvalue weighted by atomic mass is 9.83. The average Bonchev–Trinajstić information content (AvgIpc) is 3.20. The second-order valence-corrected chi connectivity index (χ2v) is 6.37. The number of likely N-dealkylation sites (N-methyl/N-ethyl adjacent to an activating group) is 1. The Bertz CT molecular complexity index is 955. The van der Waals surface area contributed by atoms with Crippen LogP contribution < -0.4 is 11.1 Å². The van der Waals surface area contributed by atoms with E-state index in [-0.39, 0.29) is 5.91 Å². The van der Waals surface area contributed by atoms with Crippen molar-refractivity contribution in [2.24, 2.45) is 12.8 Å². The highest BCUT2D eigenvalue weighted by Gasteiger charge is 2.52. The molecule has 1 amide bonds. The lowest BCUT2D eigenvalue weighted by Crippen LogP contribution is -2.47. The zero-order valence-electron chi connectivity index (χ0n) is 14.5. The van der Waals surface area contributed by atoms with Crippen molar-refractivity contribution in [3.8, 4) is 11.1 Å². The van der Waals surface area contributed by atoms with Gasteiger partial charge in [-0.05, 0) is 17.2 Å². The number of nitrogens with two attached hydrogens (primary N) is 1. The summed E-state index contributed by atoms with van der Waals surface area (Å²) in [6.45, 7) is 0. The van der Waals surface area contributed by atoms with Crippen molar-refractivity contribution in [1.29, 1.82) is 0 Å². The topological polar surface area (TPSA) is 102 Å². The van der Waals surface area contributed by atoms with Gasteiger partial charge in [0.05, 0.1) is 6.20 Å². The second kappa shape index (κ2) is 6.01. The minimum Gasteiger partial charge on any atom is -0.315 e. The predicted molar refractivity (Wildman–Crippen MR) is 95.3 cm³/mol. The molecular formula is C18H19N7O. The van der Waals surface area contributed by atoms with Crippen LogP contribution in [0.5, 0.6) is 0 Å². The Labute approximate surface area is 150 Å². The standard InChI is InChI=1S/C18H19N7O/c1-24-10-15(9-22-24)18(16(26)25(2)17(19)23-18)14-5-3-4-12(6-14)13-7-20-11-21-8-13/h3-11,17,23H,19H2,1-2H3. The summed E-state index contributed by atoms with van der Waals surface area (Å²) < 4.78 is 1.67. The van der Waals surface area contributed by atoms with Crippen molar-refractivity contribution in [1.82, 2.24) is 30.0 Å². The summed E-state index contributed by atoms with van der Waals surface area (Å²) in [4.78, 5) is 22.9. The molecule has 1 aliphatic rings. The van der Waals surface area contributed by atoms with Gasteiger partial charge < -0.3 is 4.90 Å². The van der Waals surface area contributed by atoms with Crippen LogP contribution in [-0.2, 0) is 17.4 Å². The van der Waals surface area contributed by atoms with Crippen LogP contribution in [0.3, 0.4) is 0 Å². The molecule has 0 aliphatic carbocycles. The van der Waals surface area contributed by atoms with Crippen molar-refractivity contribution in [2.45, 2.75) is 11.8 Å². The number of rotatable bonds is 3. The van der Waals surface area contributed by atoms with Crippen LogP contribution in [0.2, 0.25) is 0 Å². The van der Waals surface area contributed by atoms with E-state index in [4.69, 9.17) is 5.73 Å². The van der Waals surface area contributed by atoms with Gasteiger partial charge in [-0.1, -0.05) is 18.2 Å². The summed E-state index contributed by atoms with van der Waals surface area (Å²) in [7, 11) is 3.50. The van der Waals surface area contributed by atoms with Crippen molar-refractivity contribution < 1.29 is 4.79 Å². The third-order valence-electron chi connectivity index (χ3n) is 4.75. The van der Waals surface area contributed by atoms with Crippen LogP contribution in [0.1, 0.15) is 11.1 Å². The smallest absolute Gasteiger partial charge is 0.254 e. The number of hydrogen-bond donors (Lipinski definition) is 2. The molecule has 3 heterocycles. The average molecular weight is 349 g/mol. The number of hydrogen-bond acceptors (Lipinski definition) is 6. The van der Waals surface area contributed by atoms with E-state index >= 15 is 0 Å². The van der Waals surface area contributed by atoms with Gasteiger partial charge in [0, 0.05) is 43.8 Å². The Balaban J connectivity index is 1.90. The SMILES string of the molecule is CN1C(=O)C(c2cccc(-c3cncnc3)c2)(c2cnn(C)c2)NC1N. The number of carbonyl (C=O) groups is 1. The van der Waals surface area contributed by atoms with E-state index in [1.54, 1.807) is 30.3 Å². The molecule has 2 aromatic heterocycles. The Morgan fingerprint density at radius 1 is 1.12 bits per heavy atom. The van der Waals surface area contributed by atoms with Crippen LogP contribution in [0, 0.1) is 0 Å². The third kappa shape index (κ3) is 2.39. The Kier molecular flexibility index (Phi) is 3.78. The maximum absolute atomic E-state index is 13.2. The molecule has 1 aliphatic heterocycles. The molecule has 8 nitrogen and oxygen atoms in total. The molecule has 26 heavy (non-hydrogen) atoms. The highest BCUT2D eigenvalue weighted by molar-refractivity contribution is 5.94. The lowest BCUT2D eigenvalue weighted by Gasteiger charge is -2.27. The fourth-order valence-corrected chi connectivity index (χ4v) is 3.35. The highest BCUT2D eigenvalue weighted by Crippen LogP contribution is 2.37. The van der Waals surface area contributed by atoms with Gasteiger partial charge in [0.1, 0.15) is 12.6 Å². The van der Waals surface area contributed by atoms with Gasteiger partial charge >= 0.3 is 0 Å². The predicted octanol–water partition coefficient (Wildman–Crippen LogP) is 0.425. The van der Waals surface area contributed by atoms with Crippen LogP contribution in [-0.4, -0.2) is 43.9 Å². The normalized spacial score (nSPS) is 22.8. The molecule has 0 bridgehead atoms. The molecule has 3 N–H and O–H groups in total. The van der Waals surface area contributed by atoms with Crippen LogP contribution in [0.15, 0.2) is 55.4 Å². The van der Waals surface area contributed by atoms with Gasteiger partial charge in [-0.3, -0.25) is 20.5 Å². The summed E-state index contributed by atoms with van der Waals surface area (Å²) >= 11 is 0. The fraction of sp³-hybridized carbons (Fsp3) is 0.222. The van der Waals surface area contributed by atoms with Crippen molar-refractivity contribution in [2.75, 3.05) is 7.05 Å². The summed E-state index contributed by atoms with van der Waals surface area (Å²) in [5.41, 5.74) is 8.36. The van der Waals surface area contributed by atoms with Crippen molar-refractivity contribution >= 4 is 5.91 Å². The molecule has 2 atom stereocenters. The quantitative estimate of drug-likeness (QED) is 0.711. The number of aromatic nitrogens is 4. The van der Waals surface area contributed by atoms with Gasteiger partial charge in [0.2, 0.25) is 0 Å². The molecule has 2 unspecified atom stereocenters. The van der Waals surface area contributed by atoms with E-state index in [1.165, 1.54) is 11.2 Å². The van der Waals surface area contributed by atoms with E-state index in [9.17, 15) is 4.79 Å². The molecule has 4 rings (SSSR count). The minimum absolute atomic E-state index is 0.125. The maximum atomic E-state index is 13.2. The van der Waals surface area contributed by atoms with Crippen LogP contribution >= 0.6 is 0 Å². The van der Waals surface area contributed by atoms with E-state index in [1.807, 2.05) is 37.5 Å². The van der Waals surface area contributed by atoms with Gasteiger partial charge in [0.15, 0.2) is 5.54 Å². The molecule has 1 saturated heterocycles. The Morgan fingerprint density at radius 3 is 2.50 bits per heavy atom.